The van der Waals surface area contributed by atoms with Gasteiger partial charge >= 0.3 is 0 Å². The summed E-state index contributed by atoms with van der Waals surface area (Å²) < 4.78 is 23.2. The molecule has 1 aliphatic rings. The first-order valence-corrected chi connectivity index (χ1v) is 8.03. The second-order valence-electron chi connectivity index (χ2n) is 5.04. The Morgan fingerprint density at radius 3 is 2.78 bits per heavy atom. The number of hydrogen-bond acceptors (Lipinski definition) is 4. The van der Waals surface area contributed by atoms with Crippen molar-refractivity contribution in [3.8, 4) is 0 Å². The highest BCUT2D eigenvalue weighted by atomic mass is 32.2. The first kappa shape index (κ1) is 13.2. The molecule has 1 unspecified atom stereocenters. The maximum Gasteiger partial charge on any atom is 0.152 e. The van der Waals surface area contributed by atoms with Crippen LogP contribution in [0.4, 0.5) is 11.4 Å². The molecule has 1 aliphatic heterocycles. The van der Waals surface area contributed by atoms with Crippen LogP contribution >= 0.6 is 0 Å². The number of sulfone groups is 1. The first-order valence-electron chi connectivity index (χ1n) is 6.21. The fourth-order valence-electron chi connectivity index (χ4n) is 2.25. The van der Waals surface area contributed by atoms with E-state index in [9.17, 15) is 8.42 Å². The van der Waals surface area contributed by atoms with E-state index in [0.29, 0.717) is 5.75 Å². The lowest BCUT2D eigenvalue weighted by Gasteiger charge is -2.24. The van der Waals surface area contributed by atoms with Gasteiger partial charge in [0.05, 0.1) is 11.5 Å². The molecule has 0 amide bonds. The molecule has 5 heteroatoms. The molecule has 0 spiro atoms. The van der Waals surface area contributed by atoms with Gasteiger partial charge in [0, 0.05) is 31.5 Å². The molecule has 1 atom stereocenters. The Morgan fingerprint density at radius 2 is 2.11 bits per heavy atom. The summed E-state index contributed by atoms with van der Waals surface area (Å²) in [5.74, 6) is 0.585. The Balaban J connectivity index is 2.07. The first-order chi connectivity index (χ1) is 8.46. The van der Waals surface area contributed by atoms with E-state index >= 15 is 0 Å². The van der Waals surface area contributed by atoms with Crippen LogP contribution in [0.5, 0.6) is 0 Å². The molecule has 1 fully saturated rings. The Bertz CT molecular complexity index is 511. The minimum Gasteiger partial charge on any atom is -0.381 e. The lowest BCUT2D eigenvalue weighted by Crippen LogP contribution is -2.34. The van der Waals surface area contributed by atoms with Crippen LogP contribution < -0.4 is 10.2 Å². The van der Waals surface area contributed by atoms with Crippen molar-refractivity contribution in [3.05, 3.63) is 24.3 Å². The molecule has 0 aromatic heterocycles. The van der Waals surface area contributed by atoms with Gasteiger partial charge in [-0.2, -0.15) is 0 Å². The number of hydrogen-bond donors (Lipinski definition) is 1. The van der Waals surface area contributed by atoms with Crippen molar-refractivity contribution in [2.75, 3.05) is 35.8 Å². The average molecular weight is 268 g/mol. The van der Waals surface area contributed by atoms with Gasteiger partial charge in [0.15, 0.2) is 9.84 Å². The predicted molar refractivity (Wildman–Crippen MR) is 76.1 cm³/mol. The lowest BCUT2D eigenvalue weighted by molar-refractivity contribution is 0.562. The summed E-state index contributed by atoms with van der Waals surface area (Å²) in [4.78, 5) is 2.03. The molecule has 1 saturated heterocycles. The van der Waals surface area contributed by atoms with E-state index in [4.69, 9.17) is 0 Å². The molecule has 0 radical (unpaired) electrons. The zero-order chi connectivity index (χ0) is 13.2. The van der Waals surface area contributed by atoms with E-state index in [1.54, 1.807) is 0 Å². The van der Waals surface area contributed by atoms with Crippen molar-refractivity contribution in [1.82, 2.24) is 0 Å². The van der Waals surface area contributed by atoms with Crippen LogP contribution in [0.15, 0.2) is 24.3 Å². The van der Waals surface area contributed by atoms with Crippen LogP contribution in [0.2, 0.25) is 0 Å². The highest BCUT2D eigenvalue weighted by Gasteiger charge is 2.24. The highest BCUT2D eigenvalue weighted by molar-refractivity contribution is 7.91. The van der Waals surface area contributed by atoms with Crippen LogP contribution in [0.1, 0.15) is 12.8 Å². The molecule has 1 heterocycles. The summed E-state index contributed by atoms with van der Waals surface area (Å²) in [7, 11) is 1.13. The van der Waals surface area contributed by atoms with Gasteiger partial charge in [0.25, 0.3) is 0 Å². The summed E-state index contributed by atoms with van der Waals surface area (Å²) in [5, 5.41) is 3.33. The van der Waals surface area contributed by atoms with E-state index in [2.05, 4.69) is 5.32 Å². The molecular weight excluding hydrogens is 248 g/mol. The van der Waals surface area contributed by atoms with Crippen molar-refractivity contribution in [3.63, 3.8) is 0 Å². The number of nitrogens with one attached hydrogen (secondary N) is 1. The fourth-order valence-corrected chi connectivity index (χ4v) is 3.88. The second-order valence-corrected chi connectivity index (χ2v) is 7.27. The average Bonchev–Trinajstić information content (AvgIpc) is 2.28. The van der Waals surface area contributed by atoms with E-state index in [1.165, 1.54) is 0 Å². The minimum atomic E-state index is -2.85. The predicted octanol–water partition coefficient (Wildman–Crippen LogP) is 1.74. The molecular formula is C13H20N2O2S. The standard InChI is InChI=1S/C13H20N2O2S/c1-15(2)13-7-3-5-11(9-13)14-12-6-4-8-18(16,17)10-12/h3,5,7,9,12,14H,4,6,8,10H2,1-2H3. The third kappa shape index (κ3) is 3.38. The van der Waals surface area contributed by atoms with E-state index in [-0.39, 0.29) is 11.8 Å². The molecule has 0 aliphatic carbocycles. The van der Waals surface area contributed by atoms with Gasteiger partial charge in [-0.1, -0.05) is 6.07 Å². The summed E-state index contributed by atoms with van der Waals surface area (Å²) >= 11 is 0. The van der Waals surface area contributed by atoms with Gasteiger partial charge < -0.3 is 10.2 Å². The molecule has 1 N–H and O–H groups in total. The van der Waals surface area contributed by atoms with Gasteiger partial charge in [-0.05, 0) is 31.0 Å². The zero-order valence-corrected chi connectivity index (χ0v) is 11.7. The molecule has 1 aromatic rings. The van der Waals surface area contributed by atoms with Crippen LogP contribution in [-0.4, -0.2) is 40.1 Å². The number of benzene rings is 1. The minimum absolute atomic E-state index is 0.0427. The number of rotatable bonds is 3. The Morgan fingerprint density at radius 1 is 1.33 bits per heavy atom. The third-order valence-electron chi connectivity index (χ3n) is 3.20. The van der Waals surface area contributed by atoms with Crippen molar-refractivity contribution in [2.24, 2.45) is 0 Å². The van der Waals surface area contributed by atoms with Gasteiger partial charge in [-0.3, -0.25) is 0 Å². The maximum atomic E-state index is 11.6. The van der Waals surface area contributed by atoms with Crippen LogP contribution in [0.25, 0.3) is 0 Å². The normalized spacial score (nSPS) is 22.4. The molecule has 0 saturated carbocycles. The van der Waals surface area contributed by atoms with E-state index < -0.39 is 9.84 Å². The largest absolute Gasteiger partial charge is 0.381 e. The van der Waals surface area contributed by atoms with Crippen molar-refractivity contribution < 1.29 is 8.42 Å². The molecule has 2 rings (SSSR count). The van der Waals surface area contributed by atoms with E-state index in [0.717, 1.165) is 24.2 Å². The summed E-state index contributed by atoms with van der Waals surface area (Å²) in [5.41, 5.74) is 2.10. The SMILES string of the molecule is CN(C)c1cccc(NC2CCCS(=O)(=O)C2)c1. The Labute approximate surface area is 109 Å². The van der Waals surface area contributed by atoms with Crippen molar-refractivity contribution in [1.29, 1.82) is 0 Å². The Hall–Kier alpha value is -1.23. The topological polar surface area (TPSA) is 49.4 Å². The zero-order valence-electron chi connectivity index (χ0n) is 10.9. The van der Waals surface area contributed by atoms with Gasteiger partial charge in [-0.15, -0.1) is 0 Å². The summed E-state index contributed by atoms with van der Waals surface area (Å²) in [6.45, 7) is 0. The van der Waals surface area contributed by atoms with Crippen LogP contribution in [-0.2, 0) is 9.84 Å². The highest BCUT2D eigenvalue weighted by Crippen LogP contribution is 2.21. The molecule has 18 heavy (non-hydrogen) atoms. The van der Waals surface area contributed by atoms with Crippen molar-refractivity contribution >= 4 is 21.2 Å². The Kier molecular flexibility index (Phi) is 3.80. The lowest BCUT2D eigenvalue weighted by atomic mass is 10.1. The fraction of sp³-hybridized carbons (Fsp3) is 0.538. The van der Waals surface area contributed by atoms with Crippen LogP contribution in [0.3, 0.4) is 0 Å². The quantitative estimate of drug-likeness (QED) is 0.907. The molecule has 0 bridgehead atoms. The van der Waals surface area contributed by atoms with Gasteiger partial charge in [-0.25, -0.2) is 8.42 Å². The molecule has 100 valence electrons. The van der Waals surface area contributed by atoms with Crippen molar-refractivity contribution in [2.45, 2.75) is 18.9 Å². The molecule has 1 aromatic carbocycles. The molecule has 4 nitrogen and oxygen atoms in total. The second kappa shape index (κ2) is 5.18. The third-order valence-corrected chi connectivity index (χ3v) is 5.02. The smallest absolute Gasteiger partial charge is 0.152 e. The van der Waals surface area contributed by atoms with Gasteiger partial charge in [0.1, 0.15) is 0 Å². The van der Waals surface area contributed by atoms with E-state index in [1.807, 2.05) is 43.3 Å². The van der Waals surface area contributed by atoms with Crippen LogP contribution in [0, 0.1) is 0 Å². The summed E-state index contributed by atoms with van der Waals surface area (Å²) in [6.07, 6.45) is 1.68. The maximum absolute atomic E-state index is 11.6. The monoisotopic (exact) mass is 268 g/mol. The van der Waals surface area contributed by atoms with Gasteiger partial charge in [0.2, 0.25) is 0 Å². The number of anilines is 2. The number of nitrogens with zero attached hydrogens (tertiary/aromatic N) is 1. The summed E-state index contributed by atoms with van der Waals surface area (Å²) in [6, 6.07) is 8.08.